The van der Waals surface area contributed by atoms with Gasteiger partial charge in [-0.05, 0) is 33.2 Å². The maximum absolute atomic E-state index is 11.4. The second-order valence-electron chi connectivity index (χ2n) is 4.71. The zero-order valence-corrected chi connectivity index (χ0v) is 9.76. The summed E-state index contributed by atoms with van der Waals surface area (Å²) >= 11 is 0. The molecule has 0 aromatic carbocycles. The zero-order chi connectivity index (χ0) is 10.8. The standard InChI is InChI=1S/C11H22N2O/c1-5-11(2,3)13-7-6-9(8-13)10(14)12-4/h9H,5-8H2,1-4H3,(H,12,14)/t9-/m1/s1. The summed E-state index contributed by atoms with van der Waals surface area (Å²) in [6, 6.07) is 0. The predicted octanol–water partition coefficient (Wildman–Crippen LogP) is 1.24. The summed E-state index contributed by atoms with van der Waals surface area (Å²) in [5, 5.41) is 2.73. The average molecular weight is 198 g/mol. The fourth-order valence-corrected chi connectivity index (χ4v) is 1.95. The van der Waals surface area contributed by atoms with Gasteiger partial charge in [-0.15, -0.1) is 0 Å². The molecule has 14 heavy (non-hydrogen) atoms. The Kier molecular flexibility index (Phi) is 3.53. The number of carbonyl (C=O) groups is 1. The maximum Gasteiger partial charge on any atom is 0.224 e. The molecule has 1 N–H and O–H groups in total. The van der Waals surface area contributed by atoms with E-state index in [0.717, 1.165) is 25.9 Å². The smallest absolute Gasteiger partial charge is 0.224 e. The Bertz CT molecular complexity index is 213. The zero-order valence-electron chi connectivity index (χ0n) is 9.76. The molecule has 0 unspecified atom stereocenters. The van der Waals surface area contributed by atoms with E-state index in [1.165, 1.54) is 0 Å². The van der Waals surface area contributed by atoms with Gasteiger partial charge in [0, 0.05) is 19.1 Å². The molecule has 1 aliphatic rings. The first kappa shape index (κ1) is 11.5. The van der Waals surface area contributed by atoms with Crippen LogP contribution in [-0.2, 0) is 4.79 Å². The minimum absolute atomic E-state index is 0.194. The molecule has 1 aliphatic heterocycles. The lowest BCUT2D eigenvalue weighted by atomic mass is 10.00. The fourth-order valence-electron chi connectivity index (χ4n) is 1.95. The minimum Gasteiger partial charge on any atom is -0.359 e. The van der Waals surface area contributed by atoms with E-state index < -0.39 is 0 Å². The van der Waals surface area contributed by atoms with Gasteiger partial charge in [-0.3, -0.25) is 9.69 Å². The molecule has 3 heteroatoms. The summed E-state index contributed by atoms with van der Waals surface area (Å²) in [5.74, 6) is 0.394. The SMILES string of the molecule is CCC(C)(C)N1CC[C@@H](C(=O)NC)C1. The normalized spacial score (nSPS) is 23.9. The van der Waals surface area contributed by atoms with E-state index in [-0.39, 0.29) is 17.4 Å². The minimum atomic E-state index is 0.194. The summed E-state index contributed by atoms with van der Waals surface area (Å²) in [4.78, 5) is 13.9. The van der Waals surface area contributed by atoms with Gasteiger partial charge < -0.3 is 5.32 Å². The molecule has 0 radical (unpaired) electrons. The van der Waals surface area contributed by atoms with Crippen molar-refractivity contribution in [3.05, 3.63) is 0 Å². The lowest BCUT2D eigenvalue weighted by Gasteiger charge is -2.34. The number of carbonyl (C=O) groups excluding carboxylic acids is 1. The summed E-state index contributed by atoms with van der Waals surface area (Å²) in [6.07, 6.45) is 2.14. The molecule has 0 saturated carbocycles. The van der Waals surface area contributed by atoms with Crippen LogP contribution in [0.25, 0.3) is 0 Å². The van der Waals surface area contributed by atoms with Gasteiger partial charge >= 0.3 is 0 Å². The summed E-state index contributed by atoms with van der Waals surface area (Å²) < 4.78 is 0. The Morgan fingerprint density at radius 1 is 1.57 bits per heavy atom. The van der Waals surface area contributed by atoms with Crippen molar-refractivity contribution < 1.29 is 4.79 Å². The second kappa shape index (κ2) is 4.30. The van der Waals surface area contributed by atoms with Gasteiger partial charge in [0.25, 0.3) is 0 Å². The third-order valence-electron chi connectivity index (χ3n) is 3.53. The molecule has 0 bridgehead atoms. The Balaban J connectivity index is 2.53. The van der Waals surface area contributed by atoms with Gasteiger partial charge in [-0.25, -0.2) is 0 Å². The molecule has 82 valence electrons. The van der Waals surface area contributed by atoms with Crippen molar-refractivity contribution in [3.63, 3.8) is 0 Å². The van der Waals surface area contributed by atoms with Crippen LogP contribution in [0.15, 0.2) is 0 Å². The van der Waals surface area contributed by atoms with E-state index in [4.69, 9.17) is 0 Å². The first-order valence-corrected chi connectivity index (χ1v) is 5.48. The number of amides is 1. The molecule has 0 aromatic heterocycles. The van der Waals surface area contributed by atoms with Crippen molar-refractivity contribution in [1.29, 1.82) is 0 Å². The first-order chi connectivity index (χ1) is 6.51. The van der Waals surface area contributed by atoms with E-state index in [2.05, 4.69) is 31.0 Å². The van der Waals surface area contributed by atoms with Crippen molar-refractivity contribution >= 4 is 5.91 Å². The molecule has 1 amide bonds. The number of hydrogen-bond donors (Lipinski definition) is 1. The summed E-state index contributed by atoms with van der Waals surface area (Å²) in [5.41, 5.74) is 0.239. The van der Waals surface area contributed by atoms with Gasteiger partial charge in [0.15, 0.2) is 0 Å². The van der Waals surface area contributed by atoms with E-state index in [9.17, 15) is 4.79 Å². The van der Waals surface area contributed by atoms with Crippen molar-refractivity contribution in [3.8, 4) is 0 Å². The van der Waals surface area contributed by atoms with E-state index >= 15 is 0 Å². The molecule has 1 saturated heterocycles. The summed E-state index contributed by atoms with van der Waals surface area (Å²) in [7, 11) is 1.72. The van der Waals surface area contributed by atoms with Crippen LogP contribution < -0.4 is 5.32 Å². The molecule has 3 nitrogen and oxygen atoms in total. The Hall–Kier alpha value is -0.570. The van der Waals surface area contributed by atoms with Crippen LogP contribution in [0.4, 0.5) is 0 Å². The van der Waals surface area contributed by atoms with Crippen molar-refractivity contribution in [2.24, 2.45) is 5.92 Å². The highest BCUT2D eigenvalue weighted by Gasteiger charge is 2.34. The van der Waals surface area contributed by atoms with Gasteiger partial charge in [0.05, 0.1) is 5.92 Å². The molecule has 1 heterocycles. The fraction of sp³-hybridized carbons (Fsp3) is 0.909. The first-order valence-electron chi connectivity index (χ1n) is 5.48. The lowest BCUT2D eigenvalue weighted by molar-refractivity contribution is -0.124. The van der Waals surface area contributed by atoms with Crippen LogP contribution in [0.5, 0.6) is 0 Å². The highest BCUT2D eigenvalue weighted by molar-refractivity contribution is 5.78. The largest absolute Gasteiger partial charge is 0.359 e. The van der Waals surface area contributed by atoms with Crippen LogP contribution in [0.3, 0.4) is 0 Å². The highest BCUT2D eigenvalue weighted by atomic mass is 16.1. The molecule has 1 atom stereocenters. The second-order valence-corrected chi connectivity index (χ2v) is 4.71. The number of hydrogen-bond acceptors (Lipinski definition) is 2. The van der Waals surface area contributed by atoms with Gasteiger partial charge in [0.2, 0.25) is 5.91 Å². The highest BCUT2D eigenvalue weighted by Crippen LogP contribution is 2.26. The Labute approximate surface area is 86.9 Å². The third-order valence-corrected chi connectivity index (χ3v) is 3.53. The molecule has 0 aliphatic carbocycles. The van der Waals surface area contributed by atoms with Crippen molar-refractivity contribution in [1.82, 2.24) is 10.2 Å². The van der Waals surface area contributed by atoms with Crippen LogP contribution in [0.1, 0.15) is 33.6 Å². The van der Waals surface area contributed by atoms with Crippen LogP contribution in [0, 0.1) is 5.92 Å². The molecule has 0 aromatic rings. The number of nitrogens with one attached hydrogen (secondary N) is 1. The van der Waals surface area contributed by atoms with E-state index in [0.29, 0.717) is 0 Å². The molecule has 0 spiro atoms. The van der Waals surface area contributed by atoms with Gasteiger partial charge in [-0.2, -0.15) is 0 Å². The van der Waals surface area contributed by atoms with Crippen LogP contribution >= 0.6 is 0 Å². The number of likely N-dealkylation sites (tertiary alicyclic amines) is 1. The maximum atomic E-state index is 11.4. The van der Waals surface area contributed by atoms with Crippen molar-refractivity contribution in [2.75, 3.05) is 20.1 Å². The van der Waals surface area contributed by atoms with Gasteiger partial charge in [-0.1, -0.05) is 6.92 Å². The number of rotatable bonds is 3. The summed E-state index contributed by atoms with van der Waals surface area (Å²) in [6.45, 7) is 8.67. The van der Waals surface area contributed by atoms with Crippen LogP contribution in [-0.4, -0.2) is 36.5 Å². The predicted molar refractivity (Wildman–Crippen MR) is 58.1 cm³/mol. The average Bonchev–Trinajstić information content (AvgIpc) is 2.66. The van der Waals surface area contributed by atoms with E-state index in [1.807, 2.05) is 0 Å². The number of nitrogens with zero attached hydrogens (tertiary/aromatic N) is 1. The molecular weight excluding hydrogens is 176 g/mol. The molecule has 1 fully saturated rings. The Morgan fingerprint density at radius 3 is 2.71 bits per heavy atom. The monoisotopic (exact) mass is 198 g/mol. The third kappa shape index (κ3) is 2.27. The Morgan fingerprint density at radius 2 is 2.21 bits per heavy atom. The topological polar surface area (TPSA) is 32.3 Å². The van der Waals surface area contributed by atoms with Crippen LogP contribution in [0.2, 0.25) is 0 Å². The van der Waals surface area contributed by atoms with Crippen molar-refractivity contribution in [2.45, 2.75) is 39.2 Å². The molecular formula is C11H22N2O. The quantitative estimate of drug-likeness (QED) is 0.740. The van der Waals surface area contributed by atoms with Gasteiger partial charge in [0.1, 0.15) is 0 Å². The lowest BCUT2D eigenvalue weighted by Crippen LogP contribution is -2.42. The van der Waals surface area contributed by atoms with E-state index in [1.54, 1.807) is 7.05 Å². The molecule has 1 rings (SSSR count).